The summed E-state index contributed by atoms with van der Waals surface area (Å²) in [7, 11) is 0. The van der Waals surface area contributed by atoms with E-state index in [2.05, 4.69) is 29.3 Å². The fourth-order valence-electron chi connectivity index (χ4n) is 1.57. The highest BCUT2D eigenvalue weighted by Crippen LogP contribution is 1.98. The molecule has 0 aromatic carbocycles. The second-order valence-electron chi connectivity index (χ2n) is 4.99. The Morgan fingerprint density at radius 1 is 1.30 bits per heavy atom. The number of anilines is 1. The first-order valence-corrected chi connectivity index (χ1v) is 8.27. The Kier molecular flexibility index (Phi) is 13.5. The molecular formula is C17H30N4O2. The molecule has 0 spiro atoms. The van der Waals surface area contributed by atoms with Crippen molar-refractivity contribution in [2.45, 2.75) is 52.9 Å². The molecular weight excluding hydrogens is 292 g/mol. The van der Waals surface area contributed by atoms with Gasteiger partial charge in [-0.15, -0.1) is 0 Å². The predicted octanol–water partition coefficient (Wildman–Crippen LogP) is 3.13. The van der Waals surface area contributed by atoms with Gasteiger partial charge in [-0.2, -0.15) is 0 Å². The molecule has 0 radical (unpaired) electrons. The quantitative estimate of drug-likeness (QED) is 0.415. The number of nitrogens with zero attached hydrogens (tertiary/aromatic N) is 2. The number of oxime groups is 1. The Bertz CT molecular complexity index is 429. The molecule has 1 aromatic heterocycles. The first-order chi connectivity index (χ1) is 11.1. The number of carbonyl (C=O) groups is 1. The van der Waals surface area contributed by atoms with Gasteiger partial charge >= 0.3 is 0 Å². The molecule has 0 saturated carbocycles. The summed E-state index contributed by atoms with van der Waals surface area (Å²) >= 11 is 0. The van der Waals surface area contributed by atoms with Crippen LogP contribution in [0.15, 0.2) is 23.5 Å². The molecule has 6 heteroatoms. The monoisotopic (exact) mass is 322 g/mol. The highest BCUT2D eigenvalue weighted by atomic mass is 16.6. The highest BCUT2D eigenvalue weighted by Gasteiger charge is 1.97. The van der Waals surface area contributed by atoms with E-state index in [1.807, 2.05) is 6.92 Å². The third-order valence-corrected chi connectivity index (χ3v) is 2.84. The molecule has 0 fully saturated rings. The first kappa shape index (κ1) is 20.9. The number of rotatable bonds is 9. The molecule has 0 saturated heterocycles. The van der Waals surface area contributed by atoms with Crippen molar-refractivity contribution in [3.8, 4) is 0 Å². The first-order valence-electron chi connectivity index (χ1n) is 8.27. The summed E-state index contributed by atoms with van der Waals surface area (Å²) in [5.74, 6) is 0.413. The molecule has 1 amide bonds. The number of nitrogens with two attached hydrogens (primary N) is 1. The van der Waals surface area contributed by atoms with Crippen LogP contribution in [0.25, 0.3) is 0 Å². The number of nitrogens with one attached hydrogen (secondary N) is 1. The van der Waals surface area contributed by atoms with Gasteiger partial charge in [0.05, 0.1) is 12.6 Å². The maximum Gasteiger partial charge on any atom is 0.223 e. The molecule has 0 unspecified atom stereocenters. The van der Waals surface area contributed by atoms with Crippen molar-refractivity contribution in [2.24, 2.45) is 5.16 Å². The summed E-state index contributed by atoms with van der Waals surface area (Å²) < 4.78 is 0. The lowest BCUT2D eigenvalue weighted by Crippen LogP contribution is -2.23. The fraction of sp³-hybridized carbons (Fsp3) is 0.588. The summed E-state index contributed by atoms with van der Waals surface area (Å²) in [5, 5.41) is 6.38. The fourth-order valence-corrected chi connectivity index (χ4v) is 1.57. The van der Waals surface area contributed by atoms with Crippen LogP contribution < -0.4 is 11.1 Å². The summed E-state index contributed by atoms with van der Waals surface area (Å²) in [6.07, 6.45) is 8.94. The van der Waals surface area contributed by atoms with Crippen molar-refractivity contribution >= 4 is 17.9 Å². The lowest BCUT2D eigenvalue weighted by molar-refractivity contribution is -0.122. The second-order valence-corrected chi connectivity index (χ2v) is 4.99. The molecule has 0 atom stereocenters. The van der Waals surface area contributed by atoms with Crippen molar-refractivity contribution in [1.82, 2.24) is 10.3 Å². The maximum atomic E-state index is 11.0. The lowest BCUT2D eigenvalue weighted by Gasteiger charge is -2.00. The minimum Gasteiger partial charge on any atom is -0.395 e. The average molecular weight is 322 g/mol. The standard InChI is InChI=1S/C11H16N4O2.C6H14/c1-2-13-11(16)5-6-17-15-8-9-3-4-10(12)14-7-9;1-3-5-6-4-2/h3-4,7-8H,2,5-6H2,1H3,(H2,12,14)(H,13,16);3-6H2,1-2H3/b15-8+;. The van der Waals surface area contributed by atoms with Crippen LogP contribution in [0.2, 0.25) is 0 Å². The Morgan fingerprint density at radius 2 is 2.00 bits per heavy atom. The predicted molar refractivity (Wildman–Crippen MR) is 95.3 cm³/mol. The van der Waals surface area contributed by atoms with Crippen LogP contribution in [-0.4, -0.2) is 30.3 Å². The van der Waals surface area contributed by atoms with E-state index in [9.17, 15) is 4.79 Å². The van der Waals surface area contributed by atoms with E-state index in [1.54, 1.807) is 18.3 Å². The third-order valence-electron chi connectivity index (χ3n) is 2.84. The SMILES string of the molecule is CCCCCC.CCNC(=O)CCO/N=C/c1ccc(N)nc1. The van der Waals surface area contributed by atoms with Gasteiger partial charge in [0.1, 0.15) is 12.4 Å². The summed E-state index contributed by atoms with van der Waals surface area (Å²) in [4.78, 5) is 19.9. The second kappa shape index (κ2) is 14.8. The molecule has 6 nitrogen and oxygen atoms in total. The smallest absolute Gasteiger partial charge is 0.223 e. The van der Waals surface area contributed by atoms with Crippen molar-refractivity contribution < 1.29 is 9.63 Å². The molecule has 1 rings (SSSR count). The van der Waals surface area contributed by atoms with E-state index in [-0.39, 0.29) is 12.5 Å². The van der Waals surface area contributed by atoms with Gasteiger partial charge in [0.15, 0.2) is 0 Å². The number of aromatic nitrogens is 1. The number of nitrogen functional groups attached to an aromatic ring is 1. The van der Waals surface area contributed by atoms with Crippen molar-refractivity contribution in [3.05, 3.63) is 23.9 Å². The van der Waals surface area contributed by atoms with Crippen LogP contribution in [-0.2, 0) is 9.63 Å². The van der Waals surface area contributed by atoms with Crippen molar-refractivity contribution in [2.75, 3.05) is 18.9 Å². The normalized spacial score (nSPS) is 10.0. The number of carbonyl (C=O) groups excluding carboxylic acids is 1. The Hall–Kier alpha value is -2.11. The molecule has 0 aliphatic heterocycles. The molecule has 23 heavy (non-hydrogen) atoms. The highest BCUT2D eigenvalue weighted by molar-refractivity contribution is 5.78. The number of amides is 1. The molecule has 0 bridgehead atoms. The van der Waals surface area contributed by atoms with E-state index in [4.69, 9.17) is 10.6 Å². The largest absolute Gasteiger partial charge is 0.395 e. The van der Waals surface area contributed by atoms with Gasteiger partial charge in [-0.1, -0.05) is 44.7 Å². The minimum atomic E-state index is -0.0446. The van der Waals surface area contributed by atoms with E-state index >= 15 is 0 Å². The van der Waals surface area contributed by atoms with E-state index < -0.39 is 0 Å². The molecule has 0 aliphatic carbocycles. The van der Waals surface area contributed by atoms with Gasteiger partial charge in [0, 0.05) is 18.3 Å². The summed E-state index contributed by atoms with van der Waals surface area (Å²) in [5.41, 5.74) is 6.22. The molecule has 1 heterocycles. The zero-order chi connectivity index (χ0) is 17.3. The van der Waals surface area contributed by atoms with Gasteiger partial charge in [-0.25, -0.2) is 4.98 Å². The van der Waals surface area contributed by atoms with Crippen molar-refractivity contribution in [3.63, 3.8) is 0 Å². The summed E-state index contributed by atoms with van der Waals surface area (Å²) in [6, 6.07) is 3.45. The van der Waals surface area contributed by atoms with Crippen molar-refractivity contribution in [1.29, 1.82) is 0 Å². The van der Waals surface area contributed by atoms with E-state index in [1.165, 1.54) is 31.9 Å². The number of unbranched alkanes of at least 4 members (excludes halogenated alkanes) is 3. The lowest BCUT2D eigenvalue weighted by atomic mass is 10.2. The van der Waals surface area contributed by atoms with Crippen LogP contribution in [0.3, 0.4) is 0 Å². The van der Waals surface area contributed by atoms with E-state index in [0.717, 1.165) is 5.56 Å². The zero-order valence-electron chi connectivity index (χ0n) is 14.5. The number of pyridine rings is 1. The van der Waals surface area contributed by atoms with Gasteiger partial charge in [-0.05, 0) is 19.1 Å². The molecule has 3 N–H and O–H groups in total. The topological polar surface area (TPSA) is 89.6 Å². The summed E-state index contributed by atoms with van der Waals surface area (Å²) in [6.45, 7) is 7.21. The Morgan fingerprint density at radius 3 is 2.52 bits per heavy atom. The maximum absolute atomic E-state index is 11.0. The Labute approximate surface area is 139 Å². The van der Waals surface area contributed by atoms with Gasteiger partial charge in [0.2, 0.25) is 5.91 Å². The van der Waals surface area contributed by atoms with Gasteiger partial charge < -0.3 is 15.9 Å². The number of hydrogen-bond donors (Lipinski definition) is 2. The van der Waals surface area contributed by atoms with Gasteiger partial charge in [-0.3, -0.25) is 4.79 Å². The molecule has 0 aliphatic rings. The van der Waals surface area contributed by atoms with Gasteiger partial charge in [0.25, 0.3) is 0 Å². The van der Waals surface area contributed by atoms with Crippen LogP contribution in [0.5, 0.6) is 0 Å². The average Bonchev–Trinajstić information content (AvgIpc) is 2.55. The Balaban J connectivity index is 0.000000688. The number of hydrogen-bond acceptors (Lipinski definition) is 5. The molecule has 130 valence electrons. The van der Waals surface area contributed by atoms with Crippen LogP contribution >= 0.6 is 0 Å². The van der Waals surface area contributed by atoms with E-state index in [0.29, 0.717) is 18.8 Å². The molecule has 1 aromatic rings. The third kappa shape index (κ3) is 13.3. The van der Waals surface area contributed by atoms with Crippen LogP contribution in [0.1, 0.15) is 58.4 Å². The van der Waals surface area contributed by atoms with Crippen LogP contribution in [0, 0.1) is 0 Å². The minimum absolute atomic E-state index is 0.0446. The zero-order valence-corrected chi connectivity index (χ0v) is 14.5. The van der Waals surface area contributed by atoms with Crippen LogP contribution in [0.4, 0.5) is 5.82 Å².